The highest BCUT2D eigenvalue weighted by Gasteiger charge is 2.48. The van der Waals surface area contributed by atoms with Gasteiger partial charge in [0.15, 0.2) is 0 Å². The Bertz CT molecular complexity index is 1110. The molecule has 2 aliphatic heterocycles. The summed E-state index contributed by atoms with van der Waals surface area (Å²) in [5.74, 6) is 2.26. The number of likely N-dealkylation sites (N-methyl/N-ethyl adjacent to an activating group) is 1. The minimum absolute atomic E-state index is 0. The minimum atomic E-state index is -0.455. The zero-order valence-corrected chi connectivity index (χ0v) is 27.9. The molecule has 2 aromatic carbocycles. The Balaban J connectivity index is 0.00000441. The van der Waals surface area contributed by atoms with E-state index in [1.807, 2.05) is 32.0 Å². The number of ether oxygens (including phenoxy) is 2. The molecule has 40 heavy (non-hydrogen) atoms. The van der Waals surface area contributed by atoms with E-state index in [4.69, 9.17) is 21.1 Å². The number of rotatable bonds is 14. The van der Waals surface area contributed by atoms with Crippen molar-refractivity contribution in [3.8, 4) is 11.5 Å². The molecule has 0 aromatic heterocycles. The fraction of sp³-hybridized carbons (Fsp3) is 0.618. The molecule has 0 saturated carbocycles. The largest absolute Gasteiger partial charge is 1.00 e. The van der Waals surface area contributed by atoms with Crippen LogP contribution in [0.2, 0.25) is 5.02 Å². The molecule has 4 rings (SSSR count). The van der Waals surface area contributed by atoms with Crippen molar-refractivity contribution < 1.29 is 42.7 Å². The summed E-state index contributed by atoms with van der Waals surface area (Å²) >= 11 is 6.43. The molecule has 1 fully saturated rings. The van der Waals surface area contributed by atoms with Crippen LogP contribution in [0.4, 0.5) is 0 Å². The molecule has 2 heterocycles. The monoisotopic (exact) mass is 681 g/mol. The summed E-state index contributed by atoms with van der Waals surface area (Å²) in [5.41, 5.74) is 1.92. The maximum Gasteiger partial charge on any atom is 0.315 e. The van der Waals surface area contributed by atoms with E-state index in [0.29, 0.717) is 11.2 Å². The summed E-state index contributed by atoms with van der Waals surface area (Å²) in [6.07, 6.45) is 13.9. The predicted molar refractivity (Wildman–Crippen MR) is 161 cm³/mol. The summed E-state index contributed by atoms with van der Waals surface area (Å²) in [6, 6.07) is 14.3. The van der Waals surface area contributed by atoms with Crippen LogP contribution in [0.1, 0.15) is 114 Å². The van der Waals surface area contributed by atoms with Gasteiger partial charge in [-0.3, -0.25) is 9.28 Å². The summed E-state index contributed by atoms with van der Waals surface area (Å²) in [6.45, 7) is 8.52. The molecule has 0 spiro atoms. The summed E-state index contributed by atoms with van der Waals surface area (Å²) in [7, 11) is 2.21. The fourth-order valence-corrected chi connectivity index (χ4v) is 6.66. The van der Waals surface area contributed by atoms with Crippen LogP contribution < -0.4 is 28.7 Å². The summed E-state index contributed by atoms with van der Waals surface area (Å²) < 4.78 is 13.1. The van der Waals surface area contributed by atoms with Crippen molar-refractivity contribution >= 4 is 17.6 Å². The molecule has 0 aliphatic carbocycles. The molecule has 3 atom stereocenters. The van der Waals surface area contributed by atoms with Crippen LogP contribution >= 0.6 is 11.6 Å². The van der Waals surface area contributed by atoms with Crippen LogP contribution in [0.25, 0.3) is 0 Å². The SMILES string of the molecule is CCCCCCCCCCCCC(C)(C)C(=O)OC[N+]1(C)CC2c3ccccc3Oc3ccc(Cl)cc3C2C1.[I-]. The number of unbranched alkanes of at least 4 members (excludes halogenated alkanes) is 9. The molecule has 6 heteroatoms. The first-order valence-electron chi connectivity index (χ1n) is 15.3. The molecule has 0 N–H and O–H groups in total. The summed E-state index contributed by atoms with van der Waals surface area (Å²) in [4.78, 5) is 13.2. The number of esters is 1. The number of fused-ring (bicyclic) bond motifs is 5. The van der Waals surface area contributed by atoms with E-state index < -0.39 is 5.41 Å². The van der Waals surface area contributed by atoms with Gasteiger partial charge in [-0.15, -0.1) is 0 Å². The van der Waals surface area contributed by atoms with Gasteiger partial charge in [0.2, 0.25) is 6.73 Å². The van der Waals surface area contributed by atoms with Gasteiger partial charge in [0.05, 0.1) is 25.6 Å². The number of halogens is 2. The molecule has 222 valence electrons. The smallest absolute Gasteiger partial charge is 0.315 e. The molecule has 0 radical (unpaired) electrons. The summed E-state index contributed by atoms with van der Waals surface area (Å²) in [5, 5.41) is 0.725. The Morgan fingerprint density at radius 2 is 1.48 bits per heavy atom. The predicted octanol–water partition coefficient (Wildman–Crippen LogP) is 6.62. The highest BCUT2D eigenvalue weighted by Crippen LogP contribution is 2.51. The van der Waals surface area contributed by atoms with Crippen LogP contribution in [0.15, 0.2) is 42.5 Å². The first-order chi connectivity index (χ1) is 18.7. The average molecular weight is 682 g/mol. The highest BCUT2D eigenvalue weighted by atomic mass is 127. The first-order valence-corrected chi connectivity index (χ1v) is 15.7. The third-order valence-corrected chi connectivity index (χ3v) is 9.12. The van der Waals surface area contributed by atoms with Crippen molar-refractivity contribution in [3.63, 3.8) is 0 Å². The van der Waals surface area contributed by atoms with Gasteiger partial charge in [-0.25, -0.2) is 0 Å². The van der Waals surface area contributed by atoms with Gasteiger partial charge in [0, 0.05) is 28.0 Å². The van der Waals surface area contributed by atoms with Gasteiger partial charge >= 0.3 is 5.97 Å². The molecule has 4 nitrogen and oxygen atoms in total. The number of hydrogen-bond donors (Lipinski definition) is 0. The van der Waals surface area contributed by atoms with E-state index in [9.17, 15) is 4.79 Å². The van der Waals surface area contributed by atoms with Crippen molar-refractivity contribution in [3.05, 3.63) is 58.6 Å². The van der Waals surface area contributed by atoms with Crippen molar-refractivity contribution in [2.75, 3.05) is 26.9 Å². The molecular formula is C34H49ClINO3. The van der Waals surface area contributed by atoms with Crippen molar-refractivity contribution in [1.29, 1.82) is 0 Å². The number of hydrogen-bond acceptors (Lipinski definition) is 3. The van der Waals surface area contributed by atoms with E-state index in [0.717, 1.165) is 48.0 Å². The van der Waals surface area contributed by atoms with Crippen LogP contribution in [0, 0.1) is 5.41 Å². The second-order valence-corrected chi connectivity index (χ2v) is 13.3. The normalized spacial score (nSPS) is 21.3. The third kappa shape index (κ3) is 8.61. The number of carbonyl (C=O) groups excluding carboxylic acids is 1. The second kappa shape index (κ2) is 15.2. The first kappa shape index (κ1) is 33.2. The number of quaternary nitrogens is 1. The quantitative estimate of drug-likeness (QED) is 0.0975. The molecule has 2 aromatic rings. The van der Waals surface area contributed by atoms with Gasteiger partial charge in [0.25, 0.3) is 0 Å². The molecule has 3 unspecified atom stereocenters. The third-order valence-electron chi connectivity index (χ3n) is 8.89. The Morgan fingerprint density at radius 3 is 2.15 bits per heavy atom. The Kier molecular flexibility index (Phi) is 12.7. The van der Waals surface area contributed by atoms with E-state index in [-0.39, 0.29) is 41.8 Å². The highest BCUT2D eigenvalue weighted by molar-refractivity contribution is 6.30. The standard InChI is InChI=1S/C34H49ClNO3.HI/c1-5-6-7-8-9-10-11-12-13-16-21-34(2,3)33(37)38-25-36(4)23-29-27-17-14-15-18-31(27)39-32-20-19-26(35)22-28(32)30(29)24-36;/h14-15,17-20,22,29-30H,5-13,16,21,23-25H2,1-4H3;1H/q+1;/p-1. The lowest BCUT2D eigenvalue weighted by Gasteiger charge is -2.31. The lowest BCUT2D eigenvalue weighted by atomic mass is 9.84. The number of para-hydroxylation sites is 1. The fourth-order valence-electron chi connectivity index (χ4n) is 6.48. The van der Waals surface area contributed by atoms with E-state index >= 15 is 0 Å². The van der Waals surface area contributed by atoms with E-state index in [2.05, 4.69) is 38.2 Å². The van der Waals surface area contributed by atoms with Crippen molar-refractivity contribution in [2.24, 2.45) is 5.41 Å². The Labute approximate surface area is 264 Å². The van der Waals surface area contributed by atoms with Crippen molar-refractivity contribution in [2.45, 2.75) is 103 Å². The lowest BCUT2D eigenvalue weighted by Crippen LogP contribution is -3.00. The van der Waals surface area contributed by atoms with E-state index in [1.54, 1.807) is 0 Å². The molecule has 0 amide bonds. The lowest BCUT2D eigenvalue weighted by molar-refractivity contribution is -0.915. The number of carbonyl (C=O) groups is 1. The van der Waals surface area contributed by atoms with Gasteiger partial charge in [-0.05, 0) is 44.5 Å². The van der Waals surface area contributed by atoms with Gasteiger partial charge in [0.1, 0.15) is 11.5 Å². The van der Waals surface area contributed by atoms with E-state index in [1.165, 1.54) is 63.4 Å². The van der Waals surface area contributed by atoms with Crippen LogP contribution in [-0.2, 0) is 9.53 Å². The van der Waals surface area contributed by atoms with Crippen molar-refractivity contribution in [1.82, 2.24) is 0 Å². The molecule has 0 bridgehead atoms. The zero-order chi connectivity index (χ0) is 27.9. The topological polar surface area (TPSA) is 35.5 Å². The van der Waals surface area contributed by atoms with Crippen LogP contribution in [0.3, 0.4) is 0 Å². The number of likely N-dealkylation sites (tertiary alicyclic amines) is 1. The number of nitrogens with zero attached hydrogens (tertiary/aromatic N) is 1. The van der Waals surface area contributed by atoms with Gasteiger partial charge < -0.3 is 33.5 Å². The average Bonchev–Trinajstić information content (AvgIpc) is 3.21. The Hall–Kier alpha value is -1.31. The van der Waals surface area contributed by atoms with Gasteiger partial charge in [-0.2, -0.15) is 0 Å². The molecule has 1 saturated heterocycles. The van der Waals surface area contributed by atoms with Crippen LogP contribution in [-0.4, -0.2) is 37.3 Å². The second-order valence-electron chi connectivity index (χ2n) is 12.9. The van der Waals surface area contributed by atoms with Crippen LogP contribution in [0.5, 0.6) is 11.5 Å². The Morgan fingerprint density at radius 1 is 0.900 bits per heavy atom. The maximum absolute atomic E-state index is 13.2. The molecular weight excluding hydrogens is 633 g/mol. The maximum atomic E-state index is 13.2. The number of benzene rings is 2. The van der Waals surface area contributed by atoms with Gasteiger partial charge in [-0.1, -0.05) is 101 Å². The zero-order valence-electron chi connectivity index (χ0n) is 25.0. The minimum Gasteiger partial charge on any atom is -1.00 e. The molecule has 2 aliphatic rings.